The third kappa shape index (κ3) is 2.53. The van der Waals surface area contributed by atoms with Crippen molar-refractivity contribution in [1.29, 1.82) is 0 Å². The molecule has 0 unspecified atom stereocenters. The van der Waals surface area contributed by atoms with Crippen molar-refractivity contribution in [3.63, 3.8) is 0 Å². The molecule has 16 heavy (non-hydrogen) atoms. The van der Waals surface area contributed by atoms with Crippen LogP contribution in [-0.2, 0) is 4.79 Å². The molecule has 1 heterocycles. The first kappa shape index (κ1) is 11.4. The van der Waals surface area contributed by atoms with Gasteiger partial charge in [0.2, 0.25) is 5.91 Å². The summed E-state index contributed by atoms with van der Waals surface area (Å²) >= 11 is 5.76. The lowest BCUT2D eigenvalue weighted by Gasteiger charge is -2.11. The second-order valence-corrected chi connectivity index (χ2v) is 4.62. The number of aryl methyl sites for hydroxylation is 1. The highest BCUT2D eigenvalue weighted by molar-refractivity contribution is 6.29. The van der Waals surface area contributed by atoms with E-state index in [0.29, 0.717) is 5.15 Å². The first-order valence-electron chi connectivity index (χ1n) is 5.61. The van der Waals surface area contributed by atoms with E-state index in [2.05, 4.69) is 10.3 Å². The van der Waals surface area contributed by atoms with Gasteiger partial charge in [0.05, 0.1) is 11.4 Å². The highest BCUT2D eigenvalue weighted by Gasteiger charge is 2.22. The van der Waals surface area contributed by atoms with Crippen molar-refractivity contribution in [3.8, 4) is 0 Å². The summed E-state index contributed by atoms with van der Waals surface area (Å²) in [5.41, 5.74) is 1.53. The van der Waals surface area contributed by atoms with Crippen LogP contribution in [0.25, 0.3) is 0 Å². The molecule has 0 spiro atoms. The third-order valence-corrected chi connectivity index (χ3v) is 3.25. The highest BCUT2D eigenvalue weighted by Crippen LogP contribution is 2.26. The Morgan fingerprint density at radius 1 is 1.44 bits per heavy atom. The fourth-order valence-corrected chi connectivity index (χ4v) is 2.28. The van der Waals surface area contributed by atoms with E-state index in [1.54, 1.807) is 12.1 Å². The van der Waals surface area contributed by atoms with Gasteiger partial charge in [-0.15, -0.1) is 0 Å². The zero-order valence-corrected chi connectivity index (χ0v) is 10.0. The lowest BCUT2D eigenvalue weighted by Crippen LogP contribution is -2.20. The van der Waals surface area contributed by atoms with Gasteiger partial charge in [-0.3, -0.25) is 4.79 Å². The van der Waals surface area contributed by atoms with Gasteiger partial charge in [0.15, 0.2) is 0 Å². The number of carbonyl (C=O) groups is 1. The second-order valence-electron chi connectivity index (χ2n) is 4.24. The molecule has 86 valence electrons. The van der Waals surface area contributed by atoms with Crippen molar-refractivity contribution < 1.29 is 4.79 Å². The zero-order chi connectivity index (χ0) is 11.5. The molecule has 0 aliphatic heterocycles. The highest BCUT2D eigenvalue weighted by atomic mass is 35.5. The molecule has 1 amide bonds. The maximum Gasteiger partial charge on any atom is 0.227 e. The van der Waals surface area contributed by atoms with Gasteiger partial charge in [-0.2, -0.15) is 0 Å². The standard InChI is InChI=1S/C12H15ClN2O/c1-8-10(6-7-11(13)14-8)15-12(16)9-4-2-3-5-9/h6-7,9H,2-5H2,1H3,(H,15,16). The van der Waals surface area contributed by atoms with Crippen molar-refractivity contribution in [2.24, 2.45) is 5.92 Å². The summed E-state index contributed by atoms with van der Waals surface area (Å²) in [6.45, 7) is 1.84. The lowest BCUT2D eigenvalue weighted by molar-refractivity contribution is -0.119. The minimum Gasteiger partial charge on any atom is -0.324 e. The third-order valence-electron chi connectivity index (χ3n) is 3.04. The average Bonchev–Trinajstić information content (AvgIpc) is 2.75. The molecular weight excluding hydrogens is 224 g/mol. The quantitative estimate of drug-likeness (QED) is 0.805. The number of nitrogens with zero attached hydrogens (tertiary/aromatic N) is 1. The normalized spacial score (nSPS) is 16.4. The molecule has 1 fully saturated rings. The Balaban J connectivity index is 2.05. The Labute approximate surface area is 100 Å². The van der Waals surface area contributed by atoms with Crippen LogP contribution in [0.3, 0.4) is 0 Å². The molecule has 0 radical (unpaired) electrons. The summed E-state index contributed by atoms with van der Waals surface area (Å²) in [5.74, 6) is 0.291. The van der Waals surface area contributed by atoms with Crippen LogP contribution < -0.4 is 5.32 Å². The van der Waals surface area contributed by atoms with Crippen molar-refractivity contribution >= 4 is 23.2 Å². The first-order valence-corrected chi connectivity index (χ1v) is 5.98. The Morgan fingerprint density at radius 3 is 2.75 bits per heavy atom. The molecule has 1 aliphatic carbocycles. The van der Waals surface area contributed by atoms with Gasteiger partial charge >= 0.3 is 0 Å². The Hall–Kier alpha value is -1.09. The summed E-state index contributed by atoms with van der Waals surface area (Å²) in [7, 11) is 0. The van der Waals surface area contributed by atoms with E-state index in [4.69, 9.17) is 11.6 Å². The molecule has 2 rings (SSSR count). The maximum atomic E-state index is 11.9. The minimum absolute atomic E-state index is 0.115. The van der Waals surface area contributed by atoms with Gasteiger partial charge < -0.3 is 5.32 Å². The molecule has 3 nitrogen and oxygen atoms in total. The predicted molar refractivity (Wildman–Crippen MR) is 64.6 cm³/mol. The van der Waals surface area contributed by atoms with Gasteiger partial charge in [-0.05, 0) is 31.9 Å². The maximum absolute atomic E-state index is 11.9. The zero-order valence-electron chi connectivity index (χ0n) is 9.29. The smallest absolute Gasteiger partial charge is 0.227 e. The fraction of sp³-hybridized carbons (Fsp3) is 0.500. The number of rotatable bonds is 2. The summed E-state index contributed by atoms with van der Waals surface area (Å²) in [6, 6.07) is 3.50. The van der Waals surface area contributed by atoms with Crippen molar-refractivity contribution in [3.05, 3.63) is 23.0 Å². The molecule has 0 bridgehead atoms. The van der Waals surface area contributed by atoms with Gasteiger partial charge in [0.25, 0.3) is 0 Å². The molecule has 0 atom stereocenters. The average molecular weight is 239 g/mol. The molecule has 0 aromatic carbocycles. The topological polar surface area (TPSA) is 42.0 Å². The number of nitrogens with one attached hydrogen (secondary N) is 1. The van der Waals surface area contributed by atoms with Crippen molar-refractivity contribution in [1.82, 2.24) is 4.98 Å². The van der Waals surface area contributed by atoms with Crippen LogP contribution in [0.1, 0.15) is 31.4 Å². The summed E-state index contributed by atoms with van der Waals surface area (Å²) in [6.07, 6.45) is 4.34. The van der Waals surface area contributed by atoms with Gasteiger partial charge in [0, 0.05) is 5.92 Å². The number of aromatic nitrogens is 1. The second kappa shape index (κ2) is 4.83. The van der Waals surface area contributed by atoms with Crippen LogP contribution in [0, 0.1) is 12.8 Å². The van der Waals surface area contributed by atoms with Crippen LogP contribution in [0.5, 0.6) is 0 Å². The van der Waals surface area contributed by atoms with Crippen LogP contribution in [0.2, 0.25) is 5.15 Å². The first-order chi connectivity index (χ1) is 7.66. The van der Waals surface area contributed by atoms with E-state index in [0.717, 1.165) is 37.1 Å². The van der Waals surface area contributed by atoms with Crippen LogP contribution in [0.15, 0.2) is 12.1 Å². The lowest BCUT2D eigenvalue weighted by atomic mass is 10.1. The molecule has 1 aliphatic rings. The Bertz CT molecular complexity index is 400. The number of carbonyl (C=O) groups excluding carboxylic acids is 1. The van der Waals surface area contributed by atoms with Gasteiger partial charge in [-0.1, -0.05) is 24.4 Å². The molecule has 1 aromatic heterocycles. The van der Waals surface area contributed by atoms with Crippen LogP contribution in [-0.4, -0.2) is 10.9 Å². The summed E-state index contributed by atoms with van der Waals surface area (Å²) in [5, 5.41) is 3.37. The summed E-state index contributed by atoms with van der Waals surface area (Å²) < 4.78 is 0. The minimum atomic E-state index is 0.115. The summed E-state index contributed by atoms with van der Waals surface area (Å²) in [4.78, 5) is 16.0. The molecule has 1 N–H and O–H groups in total. The molecule has 4 heteroatoms. The number of amides is 1. The van der Waals surface area contributed by atoms with E-state index in [9.17, 15) is 4.79 Å². The predicted octanol–water partition coefficient (Wildman–Crippen LogP) is 3.17. The number of hydrogen-bond acceptors (Lipinski definition) is 2. The monoisotopic (exact) mass is 238 g/mol. The van der Waals surface area contributed by atoms with Gasteiger partial charge in [-0.25, -0.2) is 4.98 Å². The van der Waals surface area contributed by atoms with Crippen LogP contribution in [0.4, 0.5) is 5.69 Å². The van der Waals surface area contributed by atoms with E-state index in [-0.39, 0.29) is 11.8 Å². The number of halogens is 1. The SMILES string of the molecule is Cc1nc(Cl)ccc1NC(=O)C1CCCC1. The molecular formula is C12H15ClN2O. The van der Waals surface area contributed by atoms with E-state index < -0.39 is 0 Å². The number of anilines is 1. The Kier molecular flexibility index (Phi) is 3.44. The number of pyridine rings is 1. The van der Waals surface area contributed by atoms with E-state index in [1.165, 1.54) is 0 Å². The van der Waals surface area contributed by atoms with Gasteiger partial charge in [0.1, 0.15) is 5.15 Å². The van der Waals surface area contributed by atoms with Crippen molar-refractivity contribution in [2.75, 3.05) is 5.32 Å². The van der Waals surface area contributed by atoms with Crippen molar-refractivity contribution in [2.45, 2.75) is 32.6 Å². The molecule has 1 aromatic rings. The fourth-order valence-electron chi connectivity index (χ4n) is 2.09. The molecule has 0 saturated heterocycles. The Morgan fingerprint density at radius 2 is 2.12 bits per heavy atom. The van der Waals surface area contributed by atoms with E-state index >= 15 is 0 Å². The number of hydrogen-bond donors (Lipinski definition) is 1. The molecule has 1 saturated carbocycles. The van der Waals surface area contributed by atoms with Crippen LogP contribution >= 0.6 is 11.6 Å². The van der Waals surface area contributed by atoms with E-state index in [1.807, 2.05) is 6.92 Å². The largest absolute Gasteiger partial charge is 0.324 e.